The molecule has 2 heterocycles. The van der Waals surface area contributed by atoms with Crippen molar-refractivity contribution in [1.29, 1.82) is 0 Å². The Hall–Kier alpha value is -3.16. The van der Waals surface area contributed by atoms with E-state index in [2.05, 4.69) is 20.8 Å². The molecule has 0 saturated carbocycles. The number of rotatable bonds is 10. The molecule has 0 aromatic heterocycles. The van der Waals surface area contributed by atoms with Gasteiger partial charge in [-0.3, -0.25) is 0 Å². The third kappa shape index (κ3) is 6.99. The number of fused-ring (bicyclic) bond motifs is 8. The van der Waals surface area contributed by atoms with Gasteiger partial charge in [-0.05, 0) is 90.7 Å². The number of phenols is 3. The molecule has 2 aliphatic heterocycles. The molecule has 0 radical (unpaired) electrons. The van der Waals surface area contributed by atoms with Gasteiger partial charge in [0.2, 0.25) is 11.5 Å². The van der Waals surface area contributed by atoms with Crippen LogP contribution in [0.4, 0.5) is 0 Å². The second kappa shape index (κ2) is 15.9. The Balaban J connectivity index is 1.49. The van der Waals surface area contributed by atoms with Crippen LogP contribution in [0.3, 0.4) is 0 Å². The van der Waals surface area contributed by atoms with Crippen LogP contribution in [0.1, 0.15) is 99.0 Å². The fourth-order valence-electron chi connectivity index (χ4n) is 9.06. The molecule has 53 heavy (non-hydrogen) atoms. The summed E-state index contributed by atoms with van der Waals surface area (Å²) in [5.41, 5.74) is 4.50. The van der Waals surface area contributed by atoms with Crippen molar-refractivity contribution in [3.05, 3.63) is 52.6 Å². The highest BCUT2D eigenvalue weighted by atomic mass is 33.1. The van der Waals surface area contributed by atoms with Gasteiger partial charge in [0.15, 0.2) is 17.6 Å². The Morgan fingerprint density at radius 2 is 1.72 bits per heavy atom. The van der Waals surface area contributed by atoms with Gasteiger partial charge < -0.3 is 49.6 Å². The molecule has 8 atom stereocenters. The molecule has 2 aliphatic carbocycles. The number of aliphatic hydroxyl groups excluding tert-OH is 3. The lowest BCUT2D eigenvalue weighted by Gasteiger charge is -2.47. The summed E-state index contributed by atoms with van der Waals surface area (Å²) in [7, 11) is 4.97. The highest BCUT2D eigenvalue weighted by Crippen LogP contribution is 2.63. The van der Waals surface area contributed by atoms with E-state index in [4.69, 9.17) is 18.9 Å². The molecule has 288 valence electrons. The molecule has 1 saturated heterocycles. The lowest BCUT2D eigenvalue weighted by molar-refractivity contribution is -0.00427. The lowest BCUT2D eigenvalue weighted by atomic mass is 9.62. The standard InChI is InChI=1S/C41H52O10S2/c1-20(2)9-12-49-31-17-27(37(45)41(48-4)38(31)46)40-39(47)36-32-8-5-22(21(3)10-14-52-53-32)15-25-26-16-23(44)6-7-24(26)33-29(50-13-11-42)18-30(51-40)35(36)34(33)28(25)19-43/h6-7,16-18,20-22,25,28,32,36,39-40,42-47H,5,8-15,19H2,1-4H3/t21-,22+,25+,28-,32-,36+,39+,40-/m0/s1. The van der Waals surface area contributed by atoms with E-state index >= 15 is 0 Å². The van der Waals surface area contributed by atoms with Crippen LogP contribution in [0.15, 0.2) is 30.3 Å². The minimum atomic E-state index is -1.16. The molecular formula is C41H52O10S2. The summed E-state index contributed by atoms with van der Waals surface area (Å²) < 4.78 is 24.6. The number of aliphatic hydroxyl groups is 3. The van der Waals surface area contributed by atoms with Crippen molar-refractivity contribution in [3.63, 3.8) is 0 Å². The van der Waals surface area contributed by atoms with Crippen molar-refractivity contribution in [3.8, 4) is 51.4 Å². The number of aromatic hydroxyl groups is 3. The first-order valence-electron chi connectivity index (χ1n) is 18.8. The number of benzene rings is 3. The maximum absolute atomic E-state index is 12.8. The van der Waals surface area contributed by atoms with Crippen LogP contribution in [-0.2, 0) is 0 Å². The quantitative estimate of drug-likeness (QED) is 0.112. The Bertz CT molecular complexity index is 1800. The second-order valence-electron chi connectivity index (χ2n) is 15.4. The molecule has 3 aromatic carbocycles. The number of hydrogen-bond donors (Lipinski definition) is 6. The molecule has 1 fully saturated rings. The SMILES string of the molecule is COc1c(O)c(OCCC(C)C)cc([C@@H]2Oc3cc(OCCO)c4c5c3[C@H]([C@H]2O)[C@@H]2CC[C@H](C[C@H](c3cc(O)ccc3-4)[C@@H]5CO)[C@@H](C)CCSS2)c1O. The predicted molar refractivity (Wildman–Crippen MR) is 207 cm³/mol. The Morgan fingerprint density at radius 3 is 2.45 bits per heavy atom. The lowest BCUT2D eigenvalue weighted by Crippen LogP contribution is -2.41. The zero-order valence-electron chi connectivity index (χ0n) is 30.8. The van der Waals surface area contributed by atoms with Gasteiger partial charge in [0, 0.05) is 45.6 Å². The number of hydrogen-bond acceptors (Lipinski definition) is 12. The molecule has 3 aromatic rings. The zero-order valence-corrected chi connectivity index (χ0v) is 32.4. The van der Waals surface area contributed by atoms with Crippen molar-refractivity contribution in [2.24, 2.45) is 17.8 Å². The molecule has 4 bridgehead atoms. The topological polar surface area (TPSA) is 158 Å². The Kier molecular flexibility index (Phi) is 11.4. The van der Waals surface area contributed by atoms with Gasteiger partial charge in [0.05, 0.1) is 26.9 Å². The molecular weight excluding hydrogens is 717 g/mol. The summed E-state index contributed by atoms with van der Waals surface area (Å²) in [5, 5.41) is 67.5. The van der Waals surface area contributed by atoms with Gasteiger partial charge in [0.1, 0.15) is 30.0 Å². The molecule has 6 N–H and O–H groups in total. The van der Waals surface area contributed by atoms with Gasteiger partial charge in [0.25, 0.3) is 0 Å². The van der Waals surface area contributed by atoms with Crippen LogP contribution in [0.5, 0.6) is 40.2 Å². The third-order valence-electron chi connectivity index (χ3n) is 11.8. The average molecular weight is 769 g/mol. The largest absolute Gasteiger partial charge is 0.508 e. The summed E-state index contributed by atoms with van der Waals surface area (Å²) >= 11 is 0. The molecule has 4 aliphatic rings. The van der Waals surface area contributed by atoms with Crippen LogP contribution in [0.2, 0.25) is 0 Å². The van der Waals surface area contributed by atoms with Gasteiger partial charge in [-0.25, -0.2) is 0 Å². The summed E-state index contributed by atoms with van der Waals surface area (Å²) in [6.07, 6.45) is 2.12. The molecule has 0 spiro atoms. The predicted octanol–water partition coefficient (Wildman–Crippen LogP) is 7.62. The third-order valence-corrected chi connectivity index (χ3v) is 14.8. The summed E-state index contributed by atoms with van der Waals surface area (Å²) in [4.78, 5) is 0. The second-order valence-corrected chi connectivity index (χ2v) is 18.1. The fraction of sp³-hybridized carbons (Fsp3) is 0.561. The average Bonchev–Trinajstić information content (AvgIpc) is 3.22. The maximum Gasteiger partial charge on any atom is 0.207 e. The van der Waals surface area contributed by atoms with Crippen LogP contribution < -0.4 is 18.9 Å². The van der Waals surface area contributed by atoms with Crippen molar-refractivity contribution in [2.75, 3.05) is 39.3 Å². The van der Waals surface area contributed by atoms with E-state index in [0.29, 0.717) is 35.9 Å². The van der Waals surface area contributed by atoms with E-state index in [1.807, 2.05) is 22.9 Å². The first-order valence-corrected chi connectivity index (χ1v) is 21.2. The van der Waals surface area contributed by atoms with E-state index in [1.165, 1.54) is 13.2 Å². The Morgan fingerprint density at radius 1 is 0.925 bits per heavy atom. The number of ether oxygens (including phenoxy) is 4. The summed E-state index contributed by atoms with van der Waals surface area (Å²) in [5.74, 6) is 1.42. The smallest absolute Gasteiger partial charge is 0.207 e. The van der Waals surface area contributed by atoms with Gasteiger partial charge >= 0.3 is 0 Å². The summed E-state index contributed by atoms with van der Waals surface area (Å²) in [6, 6.07) is 8.74. The van der Waals surface area contributed by atoms with E-state index in [9.17, 15) is 30.6 Å². The van der Waals surface area contributed by atoms with Gasteiger partial charge in [-0.1, -0.05) is 48.4 Å². The molecule has 12 heteroatoms. The van der Waals surface area contributed by atoms with Crippen molar-refractivity contribution in [2.45, 2.75) is 88.1 Å². The van der Waals surface area contributed by atoms with Gasteiger partial charge in [-0.2, -0.15) is 0 Å². The Labute approximate surface area is 319 Å². The summed E-state index contributed by atoms with van der Waals surface area (Å²) in [6.45, 7) is 6.43. The monoisotopic (exact) mass is 768 g/mol. The van der Waals surface area contributed by atoms with Crippen LogP contribution >= 0.6 is 21.6 Å². The highest BCUT2D eigenvalue weighted by molar-refractivity contribution is 8.76. The highest BCUT2D eigenvalue weighted by Gasteiger charge is 2.50. The van der Waals surface area contributed by atoms with Crippen LogP contribution in [0.25, 0.3) is 11.1 Å². The van der Waals surface area contributed by atoms with Crippen molar-refractivity contribution in [1.82, 2.24) is 0 Å². The first kappa shape index (κ1) is 38.1. The van der Waals surface area contributed by atoms with Crippen molar-refractivity contribution < 1.29 is 49.6 Å². The molecule has 0 amide bonds. The molecule has 7 rings (SSSR count). The normalized spacial score (nSPS) is 27.5. The minimum absolute atomic E-state index is 0.0169. The van der Waals surface area contributed by atoms with E-state index in [0.717, 1.165) is 65.7 Å². The zero-order chi connectivity index (χ0) is 37.6. The number of methoxy groups -OCH3 is 1. The maximum atomic E-state index is 12.8. The van der Waals surface area contributed by atoms with Gasteiger partial charge in [-0.15, -0.1) is 0 Å². The van der Waals surface area contributed by atoms with Crippen LogP contribution in [0, 0.1) is 17.8 Å². The fourth-order valence-corrected chi connectivity index (χ4v) is 12.2. The van der Waals surface area contributed by atoms with E-state index in [-0.39, 0.29) is 65.3 Å². The van der Waals surface area contributed by atoms with E-state index in [1.54, 1.807) is 22.9 Å². The van der Waals surface area contributed by atoms with Crippen LogP contribution in [-0.4, -0.2) is 81.3 Å². The van der Waals surface area contributed by atoms with Crippen molar-refractivity contribution >= 4 is 21.6 Å². The molecule has 10 nitrogen and oxygen atoms in total. The first-order chi connectivity index (χ1) is 25.6. The molecule has 0 unspecified atom stereocenters. The number of phenolic OH excluding ortho intramolecular Hbond substituents is 3. The minimum Gasteiger partial charge on any atom is -0.508 e. The van der Waals surface area contributed by atoms with E-state index < -0.39 is 24.0 Å².